The lowest BCUT2D eigenvalue weighted by Gasteiger charge is -2.25. The quantitative estimate of drug-likeness (QED) is 0.837. The molecule has 1 aromatic rings. The van der Waals surface area contributed by atoms with Crippen LogP contribution in [0.5, 0.6) is 0 Å². The fourth-order valence-corrected chi connectivity index (χ4v) is 2.50. The van der Waals surface area contributed by atoms with Gasteiger partial charge in [-0.15, -0.1) is 0 Å². The second kappa shape index (κ2) is 6.52. The van der Waals surface area contributed by atoms with Crippen LogP contribution < -0.4 is 16.6 Å². The predicted octanol–water partition coefficient (Wildman–Crippen LogP) is 1.96. The first-order valence-electron chi connectivity index (χ1n) is 6.83. The van der Waals surface area contributed by atoms with Crippen molar-refractivity contribution in [3.63, 3.8) is 0 Å². The van der Waals surface area contributed by atoms with Gasteiger partial charge >= 0.3 is 0 Å². The minimum absolute atomic E-state index is 0.0500. The number of rotatable bonds is 6. The molecule has 0 aromatic carbocycles. The minimum Gasteiger partial charge on any atom is -0.380 e. The van der Waals surface area contributed by atoms with Crippen LogP contribution in [-0.2, 0) is 6.54 Å². The standard InChI is InChI=1S/C13H21BrN4O/c1-9(15)5-6-16-12-11(14)7-17-18(13(12)19)8-10-3-2-4-10/h7,9-10,16H,2-6,8,15H2,1H3. The number of hydrogen-bond donors (Lipinski definition) is 2. The summed E-state index contributed by atoms with van der Waals surface area (Å²) in [6.07, 6.45) is 6.20. The fourth-order valence-electron chi connectivity index (χ4n) is 2.10. The number of nitrogens with two attached hydrogens (primary N) is 1. The predicted molar refractivity (Wildman–Crippen MR) is 80.3 cm³/mol. The van der Waals surface area contributed by atoms with Gasteiger partial charge in [-0.3, -0.25) is 4.79 Å². The van der Waals surface area contributed by atoms with E-state index in [9.17, 15) is 4.79 Å². The van der Waals surface area contributed by atoms with Crippen LogP contribution in [0.15, 0.2) is 15.5 Å². The molecule has 0 spiro atoms. The lowest BCUT2D eigenvalue weighted by atomic mass is 9.85. The molecule has 6 heteroatoms. The molecule has 1 fully saturated rings. The van der Waals surface area contributed by atoms with Crippen LogP contribution >= 0.6 is 15.9 Å². The molecule has 1 unspecified atom stereocenters. The molecule has 2 rings (SSSR count). The molecule has 0 radical (unpaired) electrons. The van der Waals surface area contributed by atoms with Gasteiger partial charge in [-0.2, -0.15) is 5.10 Å². The Kier molecular flexibility index (Phi) is 4.99. The third-order valence-corrected chi connectivity index (χ3v) is 4.16. The van der Waals surface area contributed by atoms with Gasteiger partial charge in [0.05, 0.1) is 10.7 Å². The first-order chi connectivity index (χ1) is 9.08. The number of aromatic nitrogens is 2. The van der Waals surface area contributed by atoms with E-state index in [4.69, 9.17) is 5.73 Å². The summed E-state index contributed by atoms with van der Waals surface area (Å²) in [5.41, 5.74) is 6.25. The van der Waals surface area contributed by atoms with E-state index >= 15 is 0 Å². The molecule has 1 heterocycles. The van der Waals surface area contributed by atoms with Gasteiger partial charge in [-0.1, -0.05) is 6.42 Å². The van der Waals surface area contributed by atoms with Gasteiger partial charge < -0.3 is 11.1 Å². The van der Waals surface area contributed by atoms with E-state index in [2.05, 4.69) is 26.3 Å². The van der Waals surface area contributed by atoms with Gasteiger partial charge in [0.2, 0.25) is 0 Å². The van der Waals surface area contributed by atoms with Crippen LogP contribution in [-0.4, -0.2) is 22.4 Å². The number of halogens is 1. The summed E-state index contributed by atoms with van der Waals surface area (Å²) < 4.78 is 2.29. The molecule has 0 aliphatic heterocycles. The van der Waals surface area contributed by atoms with Gasteiger partial charge in [0.25, 0.3) is 5.56 Å². The molecular weight excluding hydrogens is 308 g/mol. The molecule has 1 saturated carbocycles. The first-order valence-corrected chi connectivity index (χ1v) is 7.62. The maximum atomic E-state index is 12.3. The zero-order valence-electron chi connectivity index (χ0n) is 11.2. The highest BCUT2D eigenvalue weighted by atomic mass is 79.9. The molecule has 3 N–H and O–H groups in total. The molecule has 106 valence electrons. The van der Waals surface area contributed by atoms with E-state index in [1.165, 1.54) is 19.3 Å². The highest BCUT2D eigenvalue weighted by molar-refractivity contribution is 9.10. The monoisotopic (exact) mass is 328 g/mol. The van der Waals surface area contributed by atoms with Crippen molar-refractivity contribution < 1.29 is 0 Å². The highest BCUT2D eigenvalue weighted by Gasteiger charge is 2.20. The van der Waals surface area contributed by atoms with Crippen LogP contribution in [0.3, 0.4) is 0 Å². The summed E-state index contributed by atoms with van der Waals surface area (Å²) >= 11 is 3.38. The van der Waals surface area contributed by atoms with Gasteiger partial charge in [0.1, 0.15) is 5.69 Å². The maximum absolute atomic E-state index is 12.3. The molecule has 1 aliphatic rings. The fraction of sp³-hybridized carbons (Fsp3) is 0.692. The van der Waals surface area contributed by atoms with Gasteiger partial charge in [-0.25, -0.2) is 4.68 Å². The van der Waals surface area contributed by atoms with Crippen LogP contribution in [0.25, 0.3) is 0 Å². The zero-order valence-corrected chi connectivity index (χ0v) is 12.8. The van der Waals surface area contributed by atoms with Crippen molar-refractivity contribution in [3.8, 4) is 0 Å². The Labute approximate surface area is 121 Å². The van der Waals surface area contributed by atoms with Crippen molar-refractivity contribution in [2.75, 3.05) is 11.9 Å². The molecule has 5 nitrogen and oxygen atoms in total. The van der Waals surface area contributed by atoms with Crippen molar-refractivity contribution in [2.45, 2.75) is 45.2 Å². The minimum atomic E-state index is -0.0500. The first kappa shape index (κ1) is 14.5. The summed E-state index contributed by atoms with van der Waals surface area (Å²) in [4.78, 5) is 12.3. The van der Waals surface area contributed by atoms with Crippen molar-refractivity contribution in [1.82, 2.24) is 9.78 Å². The molecular formula is C13H21BrN4O. The van der Waals surface area contributed by atoms with E-state index in [1.54, 1.807) is 10.9 Å². The third-order valence-electron chi connectivity index (χ3n) is 3.55. The van der Waals surface area contributed by atoms with Crippen molar-refractivity contribution >= 4 is 21.6 Å². The lowest BCUT2D eigenvalue weighted by molar-refractivity contribution is 0.262. The van der Waals surface area contributed by atoms with E-state index in [0.29, 0.717) is 22.6 Å². The molecule has 1 aliphatic carbocycles. The Balaban J connectivity index is 2.07. The van der Waals surface area contributed by atoms with Crippen LogP contribution in [0, 0.1) is 5.92 Å². The van der Waals surface area contributed by atoms with Crippen molar-refractivity contribution in [3.05, 3.63) is 21.0 Å². The highest BCUT2D eigenvalue weighted by Crippen LogP contribution is 2.27. The summed E-state index contributed by atoms with van der Waals surface area (Å²) in [5.74, 6) is 0.614. The Morgan fingerprint density at radius 2 is 2.37 bits per heavy atom. The summed E-state index contributed by atoms with van der Waals surface area (Å²) in [7, 11) is 0. The molecule has 0 saturated heterocycles. The Bertz CT molecular complexity index is 482. The normalized spacial score (nSPS) is 17.0. The Morgan fingerprint density at radius 1 is 1.63 bits per heavy atom. The smallest absolute Gasteiger partial charge is 0.291 e. The zero-order chi connectivity index (χ0) is 13.8. The van der Waals surface area contributed by atoms with Crippen LogP contribution in [0.2, 0.25) is 0 Å². The van der Waals surface area contributed by atoms with Gasteiger partial charge in [0, 0.05) is 19.1 Å². The molecule has 0 amide bonds. The molecule has 0 bridgehead atoms. The summed E-state index contributed by atoms with van der Waals surface area (Å²) in [5, 5.41) is 7.36. The number of nitrogens with zero attached hydrogens (tertiary/aromatic N) is 2. The third kappa shape index (κ3) is 3.79. The molecule has 1 aromatic heterocycles. The second-order valence-corrected chi connectivity index (χ2v) is 6.20. The van der Waals surface area contributed by atoms with Crippen LogP contribution in [0.1, 0.15) is 32.6 Å². The SMILES string of the molecule is CC(N)CCNc1c(Br)cnn(CC2CCC2)c1=O. The van der Waals surface area contributed by atoms with E-state index in [0.717, 1.165) is 13.0 Å². The Hall–Kier alpha value is -0.880. The molecule has 19 heavy (non-hydrogen) atoms. The molecule has 1 atom stereocenters. The average molecular weight is 329 g/mol. The number of anilines is 1. The lowest BCUT2D eigenvalue weighted by Crippen LogP contribution is -2.31. The van der Waals surface area contributed by atoms with E-state index in [-0.39, 0.29) is 11.6 Å². The topological polar surface area (TPSA) is 72.9 Å². The van der Waals surface area contributed by atoms with Gasteiger partial charge in [-0.05, 0) is 48.0 Å². The van der Waals surface area contributed by atoms with Crippen molar-refractivity contribution in [2.24, 2.45) is 11.7 Å². The number of hydrogen-bond acceptors (Lipinski definition) is 4. The largest absolute Gasteiger partial charge is 0.380 e. The van der Waals surface area contributed by atoms with Crippen LogP contribution in [0.4, 0.5) is 5.69 Å². The van der Waals surface area contributed by atoms with Gasteiger partial charge in [0.15, 0.2) is 0 Å². The average Bonchev–Trinajstić information content (AvgIpc) is 2.30. The van der Waals surface area contributed by atoms with E-state index < -0.39 is 0 Å². The maximum Gasteiger partial charge on any atom is 0.291 e. The van der Waals surface area contributed by atoms with Crippen molar-refractivity contribution in [1.29, 1.82) is 0 Å². The Morgan fingerprint density at radius 3 is 2.95 bits per heavy atom. The number of nitrogens with one attached hydrogen (secondary N) is 1. The summed E-state index contributed by atoms with van der Waals surface area (Å²) in [6, 6.07) is 0.130. The van der Waals surface area contributed by atoms with E-state index in [1.807, 2.05) is 6.92 Å². The second-order valence-electron chi connectivity index (χ2n) is 5.34. The summed E-state index contributed by atoms with van der Waals surface area (Å²) in [6.45, 7) is 3.38.